The van der Waals surface area contributed by atoms with E-state index in [1.807, 2.05) is 11.0 Å². The van der Waals surface area contributed by atoms with Gasteiger partial charge in [-0.05, 0) is 49.0 Å². The maximum Gasteiger partial charge on any atom is 0.349 e. The van der Waals surface area contributed by atoms with Gasteiger partial charge in [-0.3, -0.25) is 15.1 Å². The smallest absolute Gasteiger partial charge is 0.326 e. The summed E-state index contributed by atoms with van der Waals surface area (Å²) >= 11 is 0. The lowest BCUT2D eigenvalue weighted by Crippen LogP contribution is -2.54. The Bertz CT molecular complexity index is 991. The van der Waals surface area contributed by atoms with Crippen molar-refractivity contribution in [2.24, 2.45) is 9.98 Å². The van der Waals surface area contributed by atoms with Gasteiger partial charge in [0.05, 0.1) is 6.04 Å². The van der Waals surface area contributed by atoms with E-state index >= 15 is 0 Å². The summed E-state index contributed by atoms with van der Waals surface area (Å²) < 4.78 is 13.2. The number of carbonyl (C=O) groups is 2. The topological polar surface area (TPSA) is 74.1 Å². The number of benzene rings is 1. The maximum absolute atomic E-state index is 13.2. The predicted octanol–water partition coefficient (Wildman–Crippen LogP) is 4.11. The molecule has 0 radical (unpaired) electrons. The van der Waals surface area contributed by atoms with E-state index in [1.165, 1.54) is 17.7 Å². The zero-order valence-electron chi connectivity index (χ0n) is 17.2. The highest BCUT2D eigenvalue weighted by atomic mass is 19.1. The molecule has 1 aromatic rings. The highest BCUT2D eigenvalue weighted by Gasteiger charge is 2.39. The number of nitrogens with zero attached hydrogens (tertiary/aromatic N) is 3. The predicted molar refractivity (Wildman–Crippen MR) is 114 cm³/mol. The molecule has 4 rings (SSSR count). The molecule has 0 aromatic heterocycles. The van der Waals surface area contributed by atoms with Crippen LogP contribution in [0.15, 0.2) is 57.7 Å². The van der Waals surface area contributed by atoms with E-state index in [9.17, 15) is 14.0 Å². The minimum Gasteiger partial charge on any atom is -0.326 e. The molecule has 0 saturated carbocycles. The minimum atomic E-state index is -0.664. The zero-order chi connectivity index (χ0) is 21.3. The third kappa shape index (κ3) is 3.97. The number of nitrogens with one attached hydrogen (secondary N) is 1. The maximum atomic E-state index is 13.2. The molecule has 6 nitrogen and oxygen atoms in total. The fourth-order valence-corrected chi connectivity index (χ4v) is 4.16. The van der Waals surface area contributed by atoms with E-state index in [0.29, 0.717) is 12.4 Å². The molecule has 1 N–H and O–H groups in total. The van der Waals surface area contributed by atoms with Crippen molar-refractivity contribution in [2.75, 3.05) is 6.54 Å². The Balaban J connectivity index is 1.62. The Morgan fingerprint density at radius 3 is 2.73 bits per heavy atom. The molecule has 0 bridgehead atoms. The first kappa shape index (κ1) is 20.2. The Labute approximate surface area is 175 Å². The highest BCUT2D eigenvalue weighted by molar-refractivity contribution is 6.69. The summed E-state index contributed by atoms with van der Waals surface area (Å²) in [5.41, 5.74) is 3.54. The number of rotatable bonds is 6. The minimum absolute atomic E-state index is 0.148. The molecule has 0 saturated heterocycles. The molecule has 0 spiro atoms. The van der Waals surface area contributed by atoms with Crippen LogP contribution in [-0.4, -0.2) is 41.0 Å². The number of amides is 3. The second kappa shape index (κ2) is 8.34. The molecule has 2 aliphatic heterocycles. The summed E-state index contributed by atoms with van der Waals surface area (Å²) in [4.78, 5) is 35.0. The SMILES string of the molecule is CCCC1=CC=C2C(C1)N=C1C(=O)NC(=O)N=C1N2CCC(C)c1ccc(F)cc1. The molecule has 156 valence electrons. The number of fused-ring (bicyclic) bond motifs is 2. The second-order valence-electron chi connectivity index (χ2n) is 7.95. The van der Waals surface area contributed by atoms with Crippen molar-refractivity contribution in [1.82, 2.24) is 10.2 Å². The molecule has 2 unspecified atom stereocenters. The Morgan fingerprint density at radius 1 is 1.23 bits per heavy atom. The van der Waals surface area contributed by atoms with Crippen molar-refractivity contribution in [2.45, 2.75) is 51.5 Å². The van der Waals surface area contributed by atoms with Gasteiger partial charge < -0.3 is 4.90 Å². The number of allylic oxidation sites excluding steroid dienone is 2. The number of hydrogen-bond acceptors (Lipinski definition) is 4. The number of urea groups is 1. The van der Waals surface area contributed by atoms with Crippen LogP contribution in [0.4, 0.5) is 9.18 Å². The van der Waals surface area contributed by atoms with E-state index in [4.69, 9.17) is 0 Å². The Morgan fingerprint density at radius 2 is 2.00 bits per heavy atom. The van der Waals surface area contributed by atoms with Crippen LogP contribution >= 0.6 is 0 Å². The van der Waals surface area contributed by atoms with Gasteiger partial charge in [-0.2, -0.15) is 4.99 Å². The first-order valence-corrected chi connectivity index (χ1v) is 10.4. The van der Waals surface area contributed by atoms with Gasteiger partial charge in [0.1, 0.15) is 5.82 Å². The molecule has 2 atom stereocenters. The fourth-order valence-electron chi connectivity index (χ4n) is 4.16. The van der Waals surface area contributed by atoms with Gasteiger partial charge in [-0.25, -0.2) is 9.18 Å². The number of amidine groups is 1. The third-order valence-corrected chi connectivity index (χ3v) is 5.79. The van der Waals surface area contributed by atoms with Gasteiger partial charge in [-0.1, -0.05) is 44.1 Å². The molecular weight excluding hydrogens is 383 g/mol. The van der Waals surface area contributed by atoms with Crippen molar-refractivity contribution in [1.29, 1.82) is 0 Å². The Kier molecular flexibility index (Phi) is 5.61. The molecule has 2 heterocycles. The molecule has 30 heavy (non-hydrogen) atoms. The van der Waals surface area contributed by atoms with Gasteiger partial charge in [0, 0.05) is 12.2 Å². The first-order chi connectivity index (χ1) is 14.5. The van der Waals surface area contributed by atoms with Gasteiger partial charge in [0.25, 0.3) is 5.91 Å². The van der Waals surface area contributed by atoms with Crippen LogP contribution in [0.1, 0.15) is 51.0 Å². The number of carbonyl (C=O) groups excluding carboxylic acids is 2. The van der Waals surface area contributed by atoms with Crippen molar-refractivity contribution < 1.29 is 14.0 Å². The third-order valence-electron chi connectivity index (χ3n) is 5.79. The molecule has 3 aliphatic rings. The average Bonchev–Trinajstić information content (AvgIpc) is 2.72. The molecular formula is C23H25FN4O2. The molecule has 1 aromatic carbocycles. The molecule has 3 amide bonds. The van der Waals surface area contributed by atoms with E-state index in [1.54, 1.807) is 12.1 Å². The van der Waals surface area contributed by atoms with Gasteiger partial charge in [0.2, 0.25) is 0 Å². The largest absolute Gasteiger partial charge is 0.349 e. The number of hydrogen-bond donors (Lipinski definition) is 1. The standard InChI is InChI=1S/C23H25FN4O2/c1-3-4-15-5-10-19-18(13-15)25-20-21(26-23(30)27-22(20)29)28(19)12-11-14(2)16-6-8-17(24)9-7-16/h5-10,14,18H,3-4,11-13H2,1-2H3,(H,27,29,30). The van der Waals surface area contributed by atoms with Crippen LogP contribution in [-0.2, 0) is 4.79 Å². The Hall–Kier alpha value is -3.09. The number of halogens is 1. The van der Waals surface area contributed by atoms with Crippen LogP contribution in [0.5, 0.6) is 0 Å². The van der Waals surface area contributed by atoms with Gasteiger partial charge in [0.15, 0.2) is 11.5 Å². The summed E-state index contributed by atoms with van der Waals surface area (Å²) in [6, 6.07) is 5.70. The van der Waals surface area contributed by atoms with Gasteiger partial charge in [-0.15, -0.1) is 0 Å². The molecule has 0 fully saturated rings. The van der Waals surface area contributed by atoms with E-state index in [-0.39, 0.29) is 23.5 Å². The average molecular weight is 408 g/mol. The van der Waals surface area contributed by atoms with Crippen LogP contribution in [0.2, 0.25) is 0 Å². The van der Waals surface area contributed by atoms with Crippen LogP contribution in [0, 0.1) is 5.82 Å². The quantitative estimate of drug-likeness (QED) is 0.770. The van der Waals surface area contributed by atoms with Crippen LogP contribution < -0.4 is 5.32 Å². The highest BCUT2D eigenvalue weighted by Crippen LogP contribution is 2.32. The lowest BCUT2D eigenvalue weighted by atomic mass is 9.91. The van der Waals surface area contributed by atoms with E-state index < -0.39 is 11.9 Å². The van der Waals surface area contributed by atoms with Crippen molar-refractivity contribution in [3.05, 3.63) is 59.1 Å². The summed E-state index contributed by atoms with van der Waals surface area (Å²) in [5.74, 6) is -0.249. The van der Waals surface area contributed by atoms with E-state index in [0.717, 1.165) is 36.9 Å². The lowest BCUT2D eigenvalue weighted by Gasteiger charge is -2.39. The molecule has 1 aliphatic carbocycles. The zero-order valence-corrected chi connectivity index (χ0v) is 17.2. The lowest BCUT2D eigenvalue weighted by molar-refractivity contribution is -0.113. The van der Waals surface area contributed by atoms with E-state index in [2.05, 4.69) is 35.2 Å². The van der Waals surface area contributed by atoms with Crippen molar-refractivity contribution in [3.63, 3.8) is 0 Å². The van der Waals surface area contributed by atoms with Crippen molar-refractivity contribution >= 4 is 23.5 Å². The normalized spacial score (nSPS) is 21.6. The summed E-state index contributed by atoms with van der Waals surface area (Å²) in [6.07, 6.45) is 7.74. The van der Waals surface area contributed by atoms with Gasteiger partial charge >= 0.3 is 6.03 Å². The van der Waals surface area contributed by atoms with Crippen LogP contribution in [0.25, 0.3) is 0 Å². The first-order valence-electron chi connectivity index (χ1n) is 10.4. The number of imide groups is 1. The molecule has 7 heteroatoms. The fraction of sp³-hybridized carbons (Fsp3) is 0.391. The summed E-state index contributed by atoms with van der Waals surface area (Å²) in [6.45, 7) is 4.80. The summed E-state index contributed by atoms with van der Waals surface area (Å²) in [5, 5.41) is 2.23. The second-order valence-corrected chi connectivity index (χ2v) is 7.95. The monoisotopic (exact) mass is 408 g/mol. The number of aliphatic imine (C=N–C) groups is 2. The summed E-state index contributed by atoms with van der Waals surface area (Å²) in [7, 11) is 0. The van der Waals surface area contributed by atoms with Crippen LogP contribution in [0.3, 0.4) is 0 Å². The van der Waals surface area contributed by atoms with Crippen molar-refractivity contribution in [3.8, 4) is 0 Å².